The average molecular weight is 190 g/mol. The van der Waals surface area contributed by atoms with Gasteiger partial charge in [0.15, 0.2) is 5.78 Å². The molecule has 0 aliphatic carbocycles. The third-order valence-electron chi connectivity index (χ3n) is 2.01. The lowest BCUT2D eigenvalue weighted by atomic mass is 9.75. The highest BCUT2D eigenvalue weighted by atomic mass is 16.4. The van der Waals surface area contributed by atoms with E-state index in [4.69, 9.17) is 10.0 Å². The molecule has 0 bridgehead atoms. The lowest BCUT2D eigenvalue weighted by molar-refractivity contribution is 0.104. The van der Waals surface area contributed by atoms with Gasteiger partial charge in [0.05, 0.1) is 0 Å². The number of benzene rings is 1. The first-order chi connectivity index (χ1) is 6.57. The van der Waals surface area contributed by atoms with Crippen LogP contribution in [0.1, 0.15) is 15.9 Å². The molecule has 0 saturated heterocycles. The molecule has 1 aromatic rings. The average Bonchev–Trinajstić information content (AvgIpc) is 2.16. The van der Waals surface area contributed by atoms with E-state index in [1.807, 2.05) is 0 Å². The zero-order valence-corrected chi connectivity index (χ0v) is 7.90. The van der Waals surface area contributed by atoms with Crippen molar-refractivity contribution in [3.8, 4) is 0 Å². The second kappa shape index (κ2) is 4.22. The molecule has 0 fully saturated rings. The van der Waals surface area contributed by atoms with Crippen molar-refractivity contribution in [1.29, 1.82) is 0 Å². The first-order valence-electron chi connectivity index (χ1n) is 4.20. The highest BCUT2D eigenvalue weighted by Crippen LogP contribution is 2.06. The summed E-state index contributed by atoms with van der Waals surface area (Å²) in [7, 11) is -1.63. The van der Waals surface area contributed by atoms with Gasteiger partial charge in [-0.3, -0.25) is 4.79 Å². The monoisotopic (exact) mass is 190 g/mol. The summed E-state index contributed by atoms with van der Waals surface area (Å²) in [4.78, 5) is 11.4. The summed E-state index contributed by atoms with van der Waals surface area (Å²) in [5.74, 6) is -0.300. The van der Waals surface area contributed by atoms with Crippen LogP contribution in [0.4, 0.5) is 0 Å². The van der Waals surface area contributed by atoms with Crippen LogP contribution < -0.4 is 5.46 Å². The number of rotatable bonds is 3. The third-order valence-corrected chi connectivity index (χ3v) is 2.01. The summed E-state index contributed by atoms with van der Waals surface area (Å²) in [5, 5.41) is 18.1. The van der Waals surface area contributed by atoms with Gasteiger partial charge in [0.2, 0.25) is 0 Å². The number of allylic oxidation sites excluding steroid dienone is 1. The Morgan fingerprint density at radius 1 is 1.50 bits per heavy atom. The Labute approximate surface area is 82.8 Å². The van der Waals surface area contributed by atoms with E-state index in [0.29, 0.717) is 11.1 Å². The van der Waals surface area contributed by atoms with Crippen LogP contribution in [-0.4, -0.2) is 22.9 Å². The highest BCUT2D eigenvalue weighted by molar-refractivity contribution is 6.60. The molecule has 0 atom stereocenters. The largest absolute Gasteiger partial charge is 0.489 e. The third kappa shape index (κ3) is 1.92. The lowest BCUT2D eigenvalue weighted by Gasteiger charge is -2.08. The second-order valence-electron chi connectivity index (χ2n) is 2.98. The fraction of sp³-hybridized carbons (Fsp3) is 0.100. The molecule has 1 aromatic carbocycles. The molecule has 0 saturated carbocycles. The minimum absolute atomic E-state index is 0.218. The molecule has 0 aliphatic heterocycles. The molecular formula is C10H11BO3. The molecule has 2 N–H and O–H groups in total. The Hall–Kier alpha value is -1.39. The number of aryl methyl sites for hydroxylation is 1. The molecule has 0 amide bonds. The Balaban J connectivity index is 3.36. The summed E-state index contributed by atoms with van der Waals surface area (Å²) >= 11 is 0. The van der Waals surface area contributed by atoms with Crippen LogP contribution in [0, 0.1) is 6.92 Å². The van der Waals surface area contributed by atoms with Crippen molar-refractivity contribution < 1.29 is 14.8 Å². The molecule has 0 unspecified atom stereocenters. The molecule has 4 heteroatoms. The molecule has 0 radical (unpaired) electrons. The standard InChI is InChI=1S/C10H11BO3/c1-3-9(12)10-7(2)5-4-6-8(10)11(13)14/h3-6,13-14H,1H2,2H3. The van der Waals surface area contributed by atoms with E-state index in [0.717, 1.165) is 6.08 Å². The summed E-state index contributed by atoms with van der Waals surface area (Å²) < 4.78 is 0. The summed E-state index contributed by atoms with van der Waals surface area (Å²) in [6, 6.07) is 4.92. The molecular weight excluding hydrogens is 179 g/mol. The van der Waals surface area contributed by atoms with Crippen molar-refractivity contribution in [3.63, 3.8) is 0 Å². The Morgan fingerprint density at radius 2 is 2.14 bits per heavy atom. The number of hydrogen-bond donors (Lipinski definition) is 2. The second-order valence-corrected chi connectivity index (χ2v) is 2.98. The number of carbonyl (C=O) groups excluding carboxylic acids is 1. The quantitative estimate of drug-likeness (QED) is 0.402. The van der Waals surface area contributed by atoms with E-state index in [2.05, 4.69) is 6.58 Å². The van der Waals surface area contributed by atoms with Gasteiger partial charge >= 0.3 is 7.12 Å². The maximum Gasteiger partial charge on any atom is 0.489 e. The van der Waals surface area contributed by atoms with Crippen molar-refractivity contribution in [2.45, 2.75) is 6.92 Å². The molecule has 1 rings (SSSR count). The highest BCUT2D eigenvalue weighted by Gasteiger charge is 2.20. The minimum atomic E-state index is -1.63. The normalized spacial score (nSPS) is 9.64. The summed E-state index contributed by atoms with van der Waals surface area (Å²) in [6.45, 7) is 5.10. The molecule has 72 valence electrons. The molecule has 0 aliphatic rings. The maximum absolute atomic E-state index is 11.4. The predicted molar refractivity (Wildman–Crippen MR) is 55.5 cm³/mol. The van der Waals surface area contributed by atoms with Gasteiger partial charge in [-0.2, -0.15) is 0 Å². The number of ketones is 1. The van der Waals surface area contributed by atoms with Crippen LogP contribution in [0.3, 0.4) is 0 Å². The first-order valence-corrected chi connectivity index (χ1v) is 4.20. The fourth-order valence-corrected chi connectivity index (χ4v) is 1.34. The van der Waals surface area contributed by atoms with Crippen LogP contribution in [0.2, 0.25) is 0 Å². The molecule has 0 heterocycles. The predicted octanol–water partition coefficient (Wildman–Crippen LogP) is 0.0435. The van der Waals surface area contributed by atoms with Gasteiger partial charge in [-0.25, -0.2) is 0 Å². The van der Waals surface area contributed by atoms with Crippen LogP contribution >= 0.6 is 0 Å². The van der Waals surface area contributed by atoms with E-state index in [-0.39, 0.29) is 11.2 Å². The van der Waals surface area contributed by atoms with Crippen molar-refractivity contribution >= 4 is 18.4 Å². The van der Waals surface area contributed by atoms with E-state index in [1.165, 1.54) is 6.07 Å². The van der Waals surface area contributed by atoms with Gasteiger partial charge in [0.25, 0.3) is 0 Å². The van der Waals surface area contributed by atoms with E-state index < -0.39 is 7.12 Å². The van der Waals surface area contributed by atoms with E-state index >= 15 is 0 Å². The summed E-state index contributed by atoms with van der Waals surface area (Å²) in [5.41, 5.74) is 1.24. The zero-order chi connectivity index (χ0) is 10.7. The van der Waals surface area contributed by atoms with Crippen molar-refractivity contribution in [1.82, 2.24) is 0 Å². The first kappa shape index (κ1) is 10.7. The summed E-state index contributed by atoms with van der Waals surface area (Å²) in [6.07, 6.45) is 1.16. The van der Waals surface area contributed by atoms with Crippen molar-refractivity contribution in [2.75, 3.05) is 0 Å². The van der Waals surface area contributed by atoms with Gasteiger partial charge < -0.3 is 10.0 Å². The smallest absolute Gasteiger partial charge is 0.423 e. The fourth-order valence-electron chi connectivity index (χ4n) is 1.34. The maximum atomic E-state index is 11.4. The van der Waals surface area contributed by atoms with Crippen LogP contribution in [0.5, 0.6) is 0 Å². The lowest BCUT2D eigenvalue weighted by Crippen LogP contribution is -2.35. The molecule has 14 heavy (non-hydrogen) atoms. The van der Waals surface area contributed by atoms with Gasteiger partial charge in [-0.1, -0.05) is 24.8 Å². The van der Waals surface area contributed by atoms with Gasteiger partial charge in [-0.15, -0.1) is 0 Å². The minimum Gasteiger partial charge on any atom is -0.423 e. The van der Waals surface area contributed by atoms with Gasteiger partial charge in [-0.05, 0) is 24.0 Å². The topological polar surface area (TPSA) is 57.5 Å². The zero-order valence-electron chi connectivity index (χ0n) is 7.90. The Bertz CT molecular complexity index is 372. The van der Waals surface area contributed by atoms with Crippen LogP contribution in [-0.2, 0) is 0 Å². The Morgan fingerprint density at radius 3 is 2.64 bits per heavy atom. The van der Waals surface area contributed by atoms with Gasteiger partial charge in [0.1, 0.15) is 0 Å². The molecule has 0 aromatic heterocycles. The van der Waals surface area contributed by atoms with Crippen molar-refractivity contribution in [3.05, 3.63) is 42.0 Å². The Kier molecular flexibility index (Phi) is 3.22. The van der Waals surface area contributed by atoms with E-state index in [9.17, 15) is 4.79 Å². The molecule has 3 nitrogen and oxygen atoms in total. The van der Waals surface area contributed by atoms with E-state index in [1.54, 1.807) is 19.1 Å². The number of carbonyl (C=O) groups is 1. The van der Waals surface area contributed by atoms with Crippen molar-refractivity contribution in [2.24, 2.45) is 0 Å². The SMILES string of the molecule is C=CC(=O)c1c(C)cccc1B(O)O. The van der Waals surface area contributed by atoms with Gasteiger partial charge in [0, 0.05) is 5.56 Å². The van der Waals surface area contributed by atoms with Crippen LogP contribution in [0.15, 0.2) is 30.9 Å². The number of hydrogen-bond acceptors (Lipinski definition) is 3. The molecule has 0 spiro atoms. The van der Waals surface area contributed by atoms with Crippen LogP contribution in [0.25, 0.3) is 0 Å².